The van der Waals surface area contributed by atoms with Gasteiger partial charge in [-0.05, 0) is 43.2 Å². The van der Waals surface area contributed by atoms with Crippen LogP contribution in [0.2, 0.25) is 0 Å². The van der Waals surface area contributed by atoms with Crippen LogP contribution in [0.3, 0.4) is 0 Å². The molecule has 0 unspecified atom stereocenters. The molecule has 0 atom stereocenters. The van der Waals surface area contributed by atoms with Crippen LogP contribution in [0.5, 0.6) is 0 Å². The predicted octanol–water partition coefficient (Wildman–Crippen LogP) is 1.51. The molecule has 6 nitrogen and oxygen atoms in total. The maximum absolute atomic E-state index is 12.4. The zero-order chi connectivity index (χ0) is 17.1. The zero-order valence-electron chi connectivity index (χ0n) is 13.7. The molecule has 0 aliphatic carbocycles. The highest BCUT2D eigenvalue weighted by molar-refractivity contribution is 5.93. The highest BCUT2D eigenvalue weighted by Gasteiger charge is 2.14. The number of carbonyl (C=O) groups is 1. The Labute approximate surface area is 134 Å². The molecule has 6 heteroatoms. The van der Waals surface area contributed by atoms with Gasteiger partial charge in [0.15, 0.2) is 0 Å². The molecule has 0 aliphatic heterocycles. The number of primary amides is 1. The van der Waals surface area contributed by atoms with Crippen molar-refractivity contribution in [3.63, 3.8) is 0 Å². The van der Waals surface area contributed by atoms with Gasteiger partial charge in [-0.25, -0.2) is 4.68 Å². The summed E-state index contributed by atoms with van der Waals surface area (Å²) in [5.74, 6) is -0.744. The van der Waals surface area contributed by atoms with Gasteiger partial charge in [0, 0.05) is 25.5 Å². The summed E-state index contributed by atoms with van der Waals surface area (Å²) in [6, 6.07) is 9.45. The Bertz CT molecular complexity index is 818. The third-order valence-corrected chi connectivity index (χ3v) is 3.54. The summed E-state index contributed by atoms with van der Waals surface area (Å²) in [7, 11) is 3.92. The zero-order valence-corrected chi connectivity index (χ0v) is 13.7. The Morgan fingerprint density at radius 3 is 2.35 bits per heavy atom. The van der Waals surface area contributed by atoms with Gasteiger partial charge in [-0.1, -0.05) is 12.1 Å². The van der Waals surface area contributed by atoms with Crippen molar-refractivity contribution < 1.29 is 4.79 Å². The minimum Gasteiger partial charge on any atom is -0.378 e. The van der Waals surface area contributed by atoms with E-state index in [1.807, 2.05) is 43.3 Å². The second-order valence-corrected chi connectivity index (χ2v) is 5.56. The lowest BCUT2D eigenvalue weighted by atomic mass is 10.1. The van der Waals surface area contributed by atoms with Crippen LogP contribution in [0.15, 0.2) is 40.2 Å². The van der Waals surface area contributed by atoms with E-state index in [4.69, 9.17) is 5.73 Å². The van der Waals surface area contributed by atoms with Gasteiger partial charge in [0.25, 0.3) is 11.5 Å². The summed E-state index contributed by atoms with van der Waals surface area (Å²) >= 11 is 0. The van der Waals surface area contributed by atoms with Crippen LogP contribution in [0.1, 0.15) is 27.2 Å². The minimum atomic E-state index is -0.744. The van der Waals surface area contributed by atoms with E-state index in [-0.39, 0.29) is 5.56 Å². The molecule has 0 saturated carbocycles. The van der Waals surface area contributed by atoms with E-state index in [1.165, 1.54) is 4.68 Å². The Hall–Kier alpha value is -2.89. The van der Waals surface area contributed by atoms with Crippen molar-refractivity contribution in [2.24, 2.45) is 10.8 Å². The Morgan fingerprint density at radius 2 is 1.83 bits per heavy atom. The van der Waals surface area contributed by atoms with Gasteiger partial charge < -0.3 is 10.6 Å². The van der Waals surface area contributed by atoms with E-state index in [0.717, 1.165) is 11.3 Å². The average Bonchev–Trinajstić information content (AvgIpc) is 2.46. The molecule has 0 aliphatic rings. The second-order valence-electron chi connectivity index (χ2n) is 5.56. The van der Waals surface area contributed by atoms with E-state index >= 15 is 0 Å². The lowest BCUT2D eigenvalue weighted by molar-refractivity contribution is 0.0997. The van der Waals surface area contributed by atoms with Crippen LogP contribution < -0.4 is 16.2 Å². The fourth-order valence-electron chi connectivity index (χ4n) is 2.31. The summed E-state index contributed by atoms with van der Waals surface area (Å²) in [5, 5.41) is 4.19. The lowest BCUT2D eigenvalue weighted by Gasteiger charge is -2.11. The Kier molecular flexibility index (Phi) is 4.64. The van der Waals surface area contributed by atoms with Crippen molar-refractivity contribution in [2.75, 3.05) is 19.0 Å². The van der Waals surface area contributed by atoms with Crippen LogP contribution in [0, 0.1) is 13.8 Å². The standard InChI is InChI=1S/C17H20N4O2/c1-11-9-12(2)21(17(23)15(11)16(18)22)19-10-13-5-7-14(8-6-13)20(3)4/h5-10H,1-4H3,(H2,18,22)/b19-10+. The Balaban J connectivity index is 2.41. The number of nitrogens with zero attached hydrogens (tertiary/aromatic N) is 3. The van der Waals surface area contributed by atoms with E-state index in [2.05, 4.69) is 5.10 Å². The van der Waals surface area contributed by atoms with Gasteiger partial charge in [0.1, 0.15) is 5.56 Å². The number of hydrogen-bond donors (Lipinski definition) is 1. The smallest absolute Gasteiger partial charge is 0.284 e. The largest absolute Gasteiger partial charge is 0.378 e. The van der Waals surface area contributed by atoms with Crippen molar-refractivity contribution in [3.8, 4) is 0 Å². The monoisotopic (exact) mass is 312 g/mol. The third-order valence-electron chi connectivity index (χ3n) is 3.54. The van der Waals surface area contributed by atoms with Crippen molar-refractivity contribution in [1.82, 2.24) is 4.68 Å². The molecular formula is C17H20N4O2. The molecule has 0 radical (unpaired) electrons. The van der Waals surface area contributed by atoms with E-state index in [0.29, 0.717) is 11.3 Å². The number of pyridine rings is 1. The van der Waals surface area contributed by atoms with Gasteiger partial charge in [-0.15, -0.1) is 0 Å². The number of aromatic nitrogens is 1. The number of benzene rings is 1. The number of hydrogen-bond acceptors (Lipinski definition) is 4. The number of aryl methyl sites for hydroxylation is 2. The quantitative estimate of drug-likeness (QED) is 0.869. The topological polar surface area (TPSA) is 80.7 Å². The summed E-state index contributed by atoms with van der Waals surface area (Å²) in [6.07, 6.45) is 1.58. The lowest BCUT2D eigenvalue weighted by Crippen LogP contribution is -2.30. The summed E-state index contributed by atoms with van der Waals surface area (Å²) in [6.45, 7) is 3.44. The number of anilines is 1. The first-order chi connectivity index (χ1) is 10.8. The molecule has 1 aromatic carbocycles. The number of nitrogens with two attached hydrogens (primary N) is 1. The molecule has 1 heterocycles. The Morgan fingerprint density at radius 1 is 1.22 bits per heavy atom. The number of amides is 1. The van der Waals surface area contributed by atoms with Crippen molar-refractivity contribution in [2.45, 2.75) is 13.8 Å². The van der Waals surface area contributed by atoms with Gasteiger partial charge in [0.2, 0.25) is 0 Å². The molecule has 1 aromatic heterocycles. The molecule has 2 rings (SSSR count). The number of rotatable bonds is 4. The van der Waals surface area contributed by atoms with E-state index < -0.39 is 11.5 Å². The van der Waals surface area contributed by atoms with Crippen molar-refractivity contribution in [3.05, 3.63) is 63.1 Å². The molecular weight excluding hydrogens is 292 g/mol. The fourth-order valence-corrected chi connectivity index (χ4v) is 2.31. The first kappa shape index (κ1) is 16.5. The van der Waals surface area contributed by atoms with Crippen LogP contribution in [0.4, 0.5) is 5.69 Å². The molecule has 0 bridgehead atoms. The molecule has 23 heavy (non-hydrogen) atoms. The summed E-state index contributed by atoms with van der Waals surface area (Å²) in [4.78, 5) is 25.8. The number of carbonyl (C=O) groups excluding carboxylic acids is 1. The van der Waals surface area contributed by atoms with Crippen molar-refractivity contribution >= 4 is 17.8 Å². The van der Waals surface area contributed by atoms with E-state index in [9.17, 15) is 9.59 Å². The van der Waals surface area contributed by atoms with Crippen LogP contribution >= 0.6 is 0 Å². The fraction of sp³-hybridized carbons (Fsp3) is 0.235. The molecule has 0 saturated heterocycles. The normalized spacial score (nSPS) is 11.0. The minimum absolute atomic E-state index is 0.0318. The van der Waals surface area contributed by atoms with Crippen molar-refractivity contribution in [1.29, 1.82) is 0 Å². The molecule has 0 spiro atoms. The highest BCUT2D eigenvalue weighted by atomic mass is 16.2. The first-order valence-corrected chi connectivity index (χ1v) is 7.16. The second kappa shape index (κ2) is 6.48. The summed E-state index contributed by atoms with van der Waals surface area (Å²) in [5.41, 5.74) is 7.86. The van der Waals surface area contributed by atoms with Gasteiger partial charge in [-0.2, -0.15) is 5.10 Å². The third kappa shape index (κ3) is 3.48. The molecule has 1 amide bonds. The van der Waals surface area contributed by atoms with Gasteiger partial charge in [0.05, 0.1) is 6.21 Å². The van der Waals surface area contributed by atoms with Crippen LogP contribution in [-0.4, -0.2) is 30.9 Å². The van der Waals surface area contributed by atoms with Crippen LogP contribution in [-0.2, 0) is 0 Å². The predicted molar refractivity (Wildman–Crippen MR) is 92.5 cm³/mol. The van der Waals surface area contributed by atoms with Gasteiger partial charge in [-0.3, -0.25) is 9.59 Å². The maximum Gasteiger partial charge on any atom is 0.284 e. The molecule has 120 valence electrons. The maximum atomic E-state index is 12.4. The molecule has 2 N–H and O–H groups in total. The first-order valence-electron chi connectivity index (χ1n) is 7.16. The molecule has 2 aromatic rings. The SMILES string of the molecule is Cc1cc(C)n(/N=C/c2ccc(N(C)C)cc2)c(=O)c1C(N)=O. The average molecular weight is 312 g/mol. The highest BCUT2D eigenvalue weighted by Crippen LogP contribution is 2.11. The van der Waals surface area contributed by atoms with Gasteiger partial charge >= 0.3 is 0 Å². The summed E-state index contributed by atoms with van der Waals surface area (Å²) < 4.78 is 1.19. The molecule has 0 fully saturated rings. The van der Waals surface area contributed by atoms with Crippen LogP contribution in [0.25, 0.3) is 0 Å². The van der Waals surface area contributed by atoms with E-state index in [1.54, 1.807) is 26.1 Å².